The molecular formula is C15H25NO3S. The summed E-state index contributed by atoms with van der Waals surface area (Å²) in [4.78, 5) is 0. The van der Waals surface area contributed by atoms with Gasteiger partial charge >= 0.3 is 0 Å². The number of sulfonamides is 1. The number of ether oxygens (including phenoxy) is 1. The molecule has 5 heteroatoms. The third kappa shape index (κ3) is 6.39. The van der Waals surface area contributed by atoms with E-state index in [2.05, 4.69) is 19.9 Å². The van der Waals surface area contributed by atoms with Gasteiger partial charge in [-0.2, -0.15) is 0 Å². The lowest BCUT2D eigenvalue weighted by Gasteiger charge is -2.16. The van der Waals surface area contributed by atoms with Crippen molar-refractivity contribution in [2.75, 3.05) is 12.4 Å². The maximum Gasteiger partial charge on any atom is 0.209 e. The number of hydrogen-bond donors (Lipinski definition) is 1. The molecule has 0 aliphatic rings. The molecule has 0 fully saturated rings. The Morgan fingerprint density at radius 3 is 2.55 bits per heavy atom. The highest BCUT2D eigenvalue weighted by Gasteiger charge is 2.16. The molecule has 0 saturated carbocycles. The zero-order chi connectivity index (χ0) is 15.2. The summed E-state index contributed by atoms with van der Waals surface area (Å²) in [5, 5.41) is 5.12. The number of primary sulfonamides is 1. The van der Waals surface area contributed by atoms with E-state index < -0.39 is 10.0 Å². The molecule has 114 valence electrons. The fourth-order valence-electron chi connectivity index (χ4n) is 2.13. The molecule has 4 nitrogen and oxygen atoms in total. The maximum atomic E-state index is 11.2. The van der Waals surface area contributed by atoms with Crippen molar-refractivity contribution >= 4 is 10.0 Å². The summed E-state index contributed by atoms with van der Waals surface area (Å²) in [6.45, 7) is 6.65. The Balaban J connectivity index is 2.65. The number of nitrogens with two attached hydrogens (primary N) is 1. The molecular weight excluding hydrogens is 274 g/mol. The lowest BCUT2D eigenvalue weighted by Crippen LogP contribution is -2.27. The van der Waals surface area contributed by atoms with Gasteiger partial charge in [0.15, 0.2) is 0 Å². The fourth-order valence-corrected chi connectivity index (χ4v) is 3.05. The topological polar surface area (TPSA) is 69.4 Å². The lowest BCUT2D eigenvalue weighted by atomic mass is 10.0. The quantitative estimate of drug-likeness (QED) is 0.802. The predicted molar refractivity (Wildman–Crippen MR) is 82.4 cm³/mol. The van der Waals surface area contributed by atoms with Crippen LogP contribution in [0.4, 0.5) is 0 Å². The van der Waals surface area contributed by atoms with Crippen LogP contribution in [0.5, 0.6) is 5.75 Å². The number of benzene rings is 1. The highest BCUT2D eigenvalue weighted by Crippen LogP contribution is 2.21. The van der Waals surface area contributed by atoms with E-state index in [0.717, 1.165) is 18.6 Å². The van der Waals surface area contributed by atoms with Crippen molar-refractivity contribution in [1.29, 1.82) is 0 Å². The van der Waals surface area contributed by atoms with E-state index in [4.69, 9.17) is 9.88 Å². The second kappa shape index (κ2) is 7.64. The lowest BCUT2D eigenvalue weighted by molar-refractivity contribution is 0.252. The van der Waals surface area contributed by atoms with Crippen LogP contribution in [0, 0.1) is 5.92 Å². The van der Waals surface area contributed by atoms with E-state index >= 15 is 0 Å². The molecule has 0 aromatic heterocycles. The normalized spacial score (nSPS) is 13.4. The predicted octanol–water partition coefficient (Wildman–Crippen LogP) is 2.89. The summed E-state index contributed by atoms with van der Waals surface area (Å²) in [6.07, 6.45) is 1.70. The van der Waals surface area contributed by atoms with E-state index in [1.807, 2.05) is 25.1 Å². The van der Waals surface area contributed by atoms with Gasteiger partial charge in [0.25, 0.3) is 0 Å². The van der Waals surface area contributed by atoms with Crippen LogP contribution in [0.15, 0.2) is 24.3 Å². The van der Waals surface area contributed by atoms with Gasteiger partial charge in [-0.25, -0.2) is 13.6 Å². The minimum atomic E-state index is -3.45. The van der Waals surface area contributed by atoms with Crippen LogP contribution >= 0.6 is 0 Å². The number of hydrogen-bond acceptors (Lipinski definition) is 3. The Morgan fingerprint density at radius 1 is 1.30 bits per heavy atom. The van der Waals surface area contributed by atoms with Crippen molar-refractivity contribution < 1.29 is 13.2 Å². The maximum absolute atomic E-state index is 11.2. The SMILES string of the molecule is CCCC(COc1cccc(C(C)C)c1)CS(N)(=O)=O. The summed E-state index contributed by atoms with van der Waals surface area (Å²) in [5.41, 5.74) is 1.21. The van der Waals surface area contributed by atoms with Crippen LogP contribution in [0.3, 0.4) is 0 Å². The molecule has 0 aliphatic heterocycles. The van der Waals surface area contributed by atoms with Gasteiger partial charge in [-0.05, 0) is 30.0 Å². The van der Waals surface area contributed by atoms with Gasteiger partial charge in [0, 0.05) is 5.92 Å². The highest BCUT2D eigenvalue weighted by atomic mass is 32.2. The first-order chi connectivity index (χ1) is 9.31. The van der Waals surface area contributed by atoms with E-state index in [1.54, 1.807) is 0 Å². The van der Waals surface area contributed by atoms with Crippen LogP contribution in [0.25, 0.3) is 0 Å². The largest absolute Gasteiger partial charge is 0.493 e. The third-order valence-corrected chi connectivity index (χ3v) is 4.11. The summed E-state index contributed by atoms with van der Waals surface area (Å²) >= 11 is 0. The van der Waals surface area contributed by atoms with Gasteiger partial charge in [0.2, 0.25) is 10.0 Å². The van der Waals surface area contributed by atoms with Gasteiger partial charge in [0.05, 0.1) is 12.4 Å². The monoisotopic (exact) mass is 299 g/mol. The van der Waals surface area contributed by atoms with Gasteiger partial charge in [-0.15, -0.1) is 0 Å². The van der Waals surface area contributed by atoms with Crippen LogP contribution in [0.2, 0.25) is 0 Å². The highest BCUT2D eigenvalue weighted by molar-refractivity contribution is 7.89. The Kier molecular flexibility index (Phi) is 6.49. The first-order valence-corrected chi connectivity index (χ1v) is 8.76. The first-order valence-electron chi connectivity index (χ1n) is 7.05. The van der Waals surface area contributed by atoms with E-state index in [-0.39, 0.29) is 11.7 Å². The minimum Gasteiger partial charge on any atom is -0.493 e. The van der Waals surface area contributed by atoms with Crippen molar-refractivity contribution in [2.45, 2.75) is 39.5 Å². The van der Waals surface area contributed by atoms with Crippen molar-refractivity contribution in [3.05, 3.63) is 29.8 Å². The summed E-state index contributed by atoms with van der Waals surface area (Å²) in [7, 11) is -3.45. The molecule has 20 heavy (non-hydrogen) atoms. The van der Waals surface area contributed by atoms with Crippen LogP contribution in [-0.2, 0) is 10.0 Å². The molecule has 0 saturated heterocycles. The second-order valence-corrected chi connectivity index (χ2v) is 7.18. The average Bonchev–Trinajstić information content (AvgIpc) is 2.35. The van der Waals surface area contributed by atoms with Crippen LogP contribution < -0.4 is 9.88 Å². The molecule has 1 aromatic rings. The Hall–Kier alpha value is -1.07. The second-order valence-electron chi connectivity index (χ2n) is 5.52. The van der Waals surface area contributed by atoms with Crippen LogP contribution in [0.1, 0.15) is 45.1 Å². The molecule has 0 bridgehead atoms. The number of rotatable bonds is 8. The zero-order valence-corrected chi connectivity index (χ0v) is 13.3. The molecule has 0 heterocycles. The third-order valence-electron chi connectivity index (χ3n) is 3.18. The standard InChI is InChI=1S/C15H25NO3S/c1-4-6-13(11-20(16,17)18)10-19-15-8-5-7-14(9-15)12(2)3/h5,7-9,12-13H,4,6,10-11H2,1-3H3,(H2,16,17,18). The van der Waals surface area contributed by atoms with Gasteiger partial charge < -0.3 is 4.74 Å². The molecule has 0 aliphatic carbocycles. The Labute approximate surface area is 122 Å². The fraction of sp³-hybridized carbons (Fsp3) is 0.600. The van der Waals surface area contributed by atoms with Crippen molar-refractivity contribution in [3.63, 3.8) is 0 Å². The first kappa shape index (κ1) is 17.0. The van der Waals surface area contributed by atoms with Gasteiger partial charge in [0.1, 0.15) is 5.75 Å². The van der Waals surface area contributed by atoms with Crippen molar-refractivity contribution in [2.24, 2.45) is 11.1 Å². The smallest absolute Gasteiger partial charge is 0.209 e. The minimum absolute atomic E-state index is 0.0231. The van der Waals surface area contributed by atoms with Gasteiger partial charge in [-0.1, -0.05) is 39.3 Å². The average molecular weight is 299 g/mol. The van der Waals surface area contributed by atoms with Crippen LogP contribution in [-0.4, -0.2) is 20.8 Å². The molecule has 1 rings (SSSR count). The van der Waals surface area contributed by atoms with E-state index in [9.17, 15) is 8.42 Å². The molecule has 0 radical (unpaired) electrons. The molecule has 0 spiro atoms. The Bertz CT molecular complexity index is 512. The van der Waals surface area contributed by atoms with Gasteiger partial charge in [-0.3, -0.25) is 0 Å². The molecule has 0 amide bonds. The molecule has 1 aromatic carbocycles. The summed E-state index contributed by atoms with van der Waals surface area (Å²) in [5.74, 6) is 1.14. The van der Waals surface area contributed by atoms with E-state index in [1.165, 1.54) is 5.56 Å². The zero-order valence-electron chi connectivity index (χ0n) is 12.5. The summed E-state index contributed by atoms with van der Waals surface area (Å²) < 4.78 is 28.1. The van der Waals surface area contributed by atoms with Crippen molar-refractivity contribution in [3.8, 4) is 5.75 Å². The molecule has 1 atom stereocenters. The Morgan fingerprint density at radius 2 is 2.00 bits per heavy atom. The van der Waals surface area contributed by atoms with E-state index in [0.29, 0.717) is 12.5 Å². The molecule has 2 N–H and O–H groups in total. The molecule has 1 unspecified atom stereocenters. The van der Waals surface area contributed by atoms with Crippen molar-refractivity contribution in [1.82, 2.24) is 0 Å². The summed E-state index contributed by atoms with van der Waals surface area (Å²) in [6, 6.07) is 7.92.